The monoisotopic (exact) mass is 533 g/mol. The molecule has 1 unspecified atom stereocenters. The lowest BCUT2D eigenvalue weighted by molar-refractivity contribution is -0.145. The molecule has 1 saturated carbocycles. The van der Waals surface area contributed by atoms with E-state index in [2.05, 4.69) is 9.88 Å². The van der Waals surface area contributed by atoms with E-state index in [1.165, 1.54) is 11.1 Å². The molecule has 38 heavy (non-hydrogen) atoms. The predicted molar refractivity (Wildman–Crippen MR) is 131 cm³/mol. The van der Waals surface area contributed by atoms with Crippen LogP contribution in [0.3, 0.4) is 0 Å². The van der Waals surface area contributed by atoms with E-state index < -0.39 is 23.4 Å². The fraction of sp³-hybridized carbons (Fsp3) is 0.560. The van der Waals surface area contributed by atoms with Crippen molar-refractivity contribution in [2.75, 3.05) is 50.8 Å². The van der Waals surface area contributed by atoms with Gasteiger partial charge in [-0.3, -0.25) is 9.59 Å². The van der Waals surface area contributed by atoms with Gasteiger partial charge in [0.2, 0.25) is 5.91 Å². The smallest absolute Gasteiger partial charge is 0.378 e. The molecule has 1 atom stereocenters. The van der Waals surface area contributed by atoms with Crippen molar-refractivity contribution in [2.24, 2.45) is 17.6 Å². The summed E-state index contributed by atoms with van der Waals surface area (Å²) in [6, 6.07) is 5.58. The largest absolute Gasteiger partial charge is 0.423 e. The van der Waals surface area contributed by atoms with E-state index in [9.17, 15) is 22.8 Å². The number of amides is 2. The lowest BCUT2D eigenvalue weighted by Crippen LogP contribution is -2.53. The maximum atomic E-state index is 13.3. The molecule has 3 N–H and O–H groups in total. The summed E-state index contributed by atoms with van der Waals surface area (Å²) in [4.78, 5) is 33.9. The number of carbonyl (C=O) groups is 2. The number of halogens is 3. The molecule has 3 aliphatic rings. The van der Waals surface area contributed by atoms with Crippen LogP contribution >= 0.6 is 0 Å². The summed E-state index contributed by atoms with van der Waals surface area (Å²) < 4.78 is 45.7. The molecular formula is C25H30F3N7O3. The molecule has 13 heteroatoms. The number of hydrogen-bond donors (Lipinski definition) is 2. The third-order valence-corrected chi connectivity index (χ3v) is 7.35. The van der Waals surface area contributed by atoms with Gasteiger partial charge in [0.15, 0.2) is 0 Å². The van der Waals surface area contributed by atoms with E-state index in [0.717, 1.165) is 5.82 Å². The second-order valence-corrected chi connectivity index (χ2v) is 9.82. The van der Waals surface area contributed by atoms with Gasteiger partial charge in [-0.15, -0.1) is 0 Å². The van der Waals surface area contributed by atoms with Gasteiger partial charge >= 0.3 is 6.18 Å². The quantitative estimate of drug-likeness (QED) is 0.383. The van der Waals surface area contributed by atoms with E-state index >= 15 is 0 Å². The summed E-state index contributed by atoms with van der Waals surface area (Å²) >= 11 is 0. The van der Waals surface area contributed by atoms with Crippen molar-refractivity contribution in [3.8, 4) is 6.07 Å². The molecular weight excluding hydrogens is 503 g/mol. The highest BCUT2D eigenvalue weighted by atomic mass is 19.4. The molecule has 0 radical (unpaired) electrons. The number of rotatable bonds is 8. The molecule has 2 amide bonds. The third-order valence-electron chi connectivity index (χ3n) is 7.35. The zero-order valence-corrected chi connectivity index (χ0v) is 20.8. The highest BCUT2D eigenvalue weighted by Crippen LogP contribution is 2.34. The van der Waals surface area contributed by atoms with Gasteiger partial charge < -0.3 is 30.6 Å². The highest BCUT2D eigenvalue weighted by molar-refractivity contribution is 5.99. The van der Waals surface area contributed by atoms with Crippen molar-refractivity contribution < 1.29 is 27.5 Å². The molecule has 0 spiro atoms. The zero-order valence-electron chi connectivity index (χ0n) is 20.8. The first-order valence-corrected chi connectivity index (χ1v) is 12.5. The Balaban J connectivity index is 1.19. The molecule has 1 aliphatic carbocycles. The van der Waals surface area contributed by atoms with Gasteiger partial charge in [0.1, 0.15) is 17.5 Å². The fourth-order valence-corrected chi connectivity index (χ4v) is 5.15. The first kappa shape index (κ1) is 27.4. The lowest BCUT2D eigenvalue weighted by atomic mass is 9.81. The van der Waals surface area contributed by atoms with Crippen LogP contribution in [0, 0.1) is 28.6 Å². The maximum absolute atomic E-state index is 13.3. The van der Waals surface area contributed by atoms with Crippen LogP contribution in [0.15, 0.2) is 29.6 Å². The minimum absolute atomic E-state index is 0.0500. The van der Waals surface area contributed by atoms with Gasteiger partial charge in [0.25, 0.3) is 5.91 Å². The van der Waals surface area contributed by atoms with Crippen molar-refractivity contribution in [2.45, 2.75) is 31.5 Å². The first-order valence-electron chi connectivity index (χ1n) is 12.5. The van der Waals surface area contributed by atoms with Crippen molar-refractivity contribution >= 4 is 23.8 Å². The number of primary amides is 1. The van der Waals surface area contributed by atoms with Gasteiger partial charge in [0, 0.05) is 63.5 Å². The van der Waals surface area contributed by atoms with Crippen molar-refractivity contribution in [3.63, 3.8) is 0 Å². The summed E-state index contributed by atoms with van der Waals surface area (Å²) in [6.45, 7) is 3.33. The van der Waals surface area contributed by atoms with Crippen LogP contribution in [0.4, 0.5) is 19.0 Å². The number of alkyl halides is 3. The van der Waals surface area contributed by atoms with E-state index in [-0.39, 0.29) is 36.9 Å². The molecule has 0 aromatic carbocycles. The predicted octanol–water partition coefficient (Wildman–Crippen LogP) is 1.67. The number of nitrogens with one attached hydrogen (secondary N) is 1. The van der Waals surface area contributed by atoms with E-state index in [1.54, 1.807) is 6.07 Å². The average Bonchev–Trinajstić information content (AvgIpc) is 3.34. The second kappa shape index (κ2) is 11.4. The number of nitrogens with zero attached hydrogens (tertiary/aromatic N) is 5. The van der Waals surface area contributed by atoms with Crippen LogP contribution in [-0.4, -0.2) is 91.0 Å². The van der Waals surface area contributed by atoms with Gasteiger partial charge in [-0.2, -0.15) is 18.4 Å². The number of allylic oxidation sites excluding steroid dienone is 1. The van der Waals surface area contributed by atoms with Gasteiger partial charge in [-0.05, 0) is 31.4 Å². The number of piperazine rings is 1. The van der Waals surface area contributed by atoms with Gasteiger partial charge in [0.05, 0.1) is 24.0 Å². The number of nitriles is 1. The first-order chi connectivity index (χ1) is 18.1. The molecule has 3 fully saturated rings. The number of pyridine rings is 1. The summed E-state index contributed by atoms with van der Waals surface area (Å²) in [5.74, 6) is -0.862. The third kappa shape index (κ3) is 6.07. The average molecular weight is 534 g/mol. The molecule has 0 bridgehead atoms. The molecule has 2 saturated heterocycles. The van der Waals surface area contributed by atoms with E-state index in [0.29, 0.717) is 63.8 Å². The summed E-state index contributed by atoms with van der Waals surface area (Å²) in [5, 5.41) is 16.3. The number of likely N-dealkylation sites (tertiary alicyclic amines) is 1. The Morgan fingerprint density at radius 3 is 2.45 bits per heavy atom. The molecule has 2 aliphatic heterocycles. The van der Waals surface area contributed by atoms with Crippen molar-refractivity contribution in [1.82, 2.24) is 14.8 Å². The SMILES string of the molecule is N#Cc1ccc(N2CCN(C(=O)C3CC(OCC4CCN(/C(C=N)=C(/C(N)=O)C(F)(F)F)C4)C3)CC2)nc1. The standard InChI is InChI=1S/C25H30F3N7O3/c26-25(27,28)22(23(31)36)20(12-30)35-4-3-17(14-35)15-38-19-9-18(10-19)24(37)34-7-5-33(6-8-34)21-2-1-16(11-29)13-32-21/h1-2,12-13,17-19,30H,3-10,14-15H2,(H2,31,36)/b22-20-,30-12?. The Morgan fingerprint density at radius 1 is 1.18 bits per heavy atom. The summed E-state index contributed by atoms with van der Waals surface area (Å²) in [5.41, 5.74) is 3.42. The number of aromatic nitrogens is 1. The van der Waals surface area contributed by atoms with Crippen LogP contribution in [-0.2, 0) is 14.3 Å². The van der Waals surface area contributed by atoms with E-state index in [1.807, 2.05) is 17.0 Å². The Morgan fingerprint density at radius 2 is 1.89 bits per heavy atom. The Labute approximate surface area is 218 Å². The number of carbonyl (C=O) groups excluding carboxylic acids is 2. The van der Waals surface area contributed by atoms with Crippen LogP contribution in [0.1, 0.15) is 24.8 Å². The Bertz CT molecular complexity index is 1120. The molecule has 4 rings (SSSR count). The Hall–Kier alpha value is -3.66. The minimum Gasteiger partial charge on any atom is -0.378 e. The number of hydrogen-bond acceptors (Lipinski definition) is 8. The summed E-state index contributed by atoms with van der Waals surface area (Å²) in [6.07, 6.45) is -1.16. The van der Waals surface area contributed by atoms with Crippen LogP contribution in [0.25, 0.3) is 0 Å². The topological polar surface area (TPSA) is 140 Å². The molecule has 204 valence electrons. The zero-order chi connectivity index (χ0) is 27.4. The van der Waals surface area contributed by atoms with Crippen LogP contribution in [0.2, 0.25) is 0 Å². The maximum Gasteiger partial charge on any atom is 0.423 e. The Kier molecular flexibility index (Phi) is 8.20. The molecule has 3 heterocycles. The number of nitrogens with two attached hydrogens (primary N) is 1. The number of ether oxygens (including phenoxy) is 1. The van der Waals surface area contributed by atoms with Crippen LogP contribution in [0.5, 0.6) is 0 Å². The lowest BCUT2D eigenvalue weighted by Gasteiger charge is -2.41. The molecule has 1 aromatic rings. The van der Waals surface area contributed by atoms with Crippen molar-refractivity contribution in [1.29, 1.82) is 10.7 Å². The van der Waals surface area contributed by atoms with E-state index in [4.69, 9.17) is 21.1 Å². The minimum atomic E-state index is -4.94. The van der Waals surface area contributed by atoms with Crippen molar-refractivity contribution in [3.05, 3.63) is 35.2 Å². The molecule has 10 nitrogen and oxygen atoms in total. The fourth-order valence-electron chi connectivity index (χ4n) is 5.15. The molecule has 1 aromatic heterocycles. The summed E-state index contributed by atoms with van der Waals surface area (Å²) in [7, 11) is 0. The van der Waals surface area contributed by atoms with Gasteiger partial charge in [-0.25, -0.2) is 4.98 Å². The van der Waals surface area contributed by atoms with Gasteiger partial charge in [-0.1, -0.05) is 0 Å². The van der Waals surface area contributed by atoms with Crippen LogP contribution < -0.4 is 10.6 Å². The number of anilines is 1. The second-order valence-electron chi connectivity index (χ2n) is 9.82. The highest BCUT2D eigenvalue weighted by Gasteiger charge is 2.43. The normalized spacial score (nSPS) is 24.4.